The summed E-state index contributed by atoms with van der Waals surface area (Å²) >= 11 is 0. The fourth-order valence-corrected chi connectivity index (χ4v) is 3.28. The zero-order valence-corrected chi connectivity index (χ0v) is 16.2. The van der Waals surface area contributed by atoms with Crippen molar-refractivity contribution in [3.63, 3.8) is 0 Å². The minimum atomic E-state index is 0.0262. The molecule has 0 spiro atoms. The molecular weight excluding hydrogens is 340 g/mol. The Hall–Kier alpha value is -2.53. The van der Waals surface area contributed by atoms with Crippen molar-refractivity contribution in [1.29, 1.82) is 0 Å². The predicted octanol–water partition coefficient (Wildman–Crippen LogP) is 2.98. The standard InChI is InChI=1S/C22H28N2O3/c1-3-18-9-10-20(26-2)21(15-18)27-17-22(25)24-13-11-23(12-14-24)16-19-7-5-4-6-8-19/h4-10,15H,3,11-14,16-17H2,1-2H3. The van der Waals surface area contributed by atoms with Gasteiger partial charge in [-0.15, -0.1) is 0 Å². The van der Waals surface area contributed by atoms with E-state index in [-0.39, 0.29) is 12.5 Å². The maximum Gasteiger partial charge on any atom is 0.260 e. The highest BCUT2D eigenvalue weighted by atomic mass is 16.5. The van der Waals surface area contributed by atoms with Crippen LogP contribution in [-0.2, 0) is 17.8 Å². The van der Waals surface area contributed by atoms with Gasteiger partial charge in [0, 0.05) is 32.7 Å². The van der Waals surface area contributed by atoms with Gasteiger partial charge in [-0.05, 0) is 29.7 Å². The molecule has 1 heterocycles. The number of hydrogen-bond donors (Lipinski definition) is 0. The monoisotopic (exact) mass is 368 g/mol. The molecule has 27 heavy (non-hydrogen) atoms. The molecule has 0 aromatic heterocycles. The molecule has 5 nitrogen and oxygen atoms in total. The van der Waals surface area contributed by atoms with Gasteiger partial charge in [0.2, 0.25) is 0 Å². The number of benzene rings is 2. The molecule has 3 rings (SSSR count). The number of nitrogens with zero attached hydrogens (tertiary/aromatic N) is 2. The van der Waals surface area contributed by atoms with Crippen LogP contribution in [0.15, 0.2) is 48.5 Å². The summed E-state index contributed by atoms with van der Waals surface area (Å²) < 4.78 is 11.1. The van der Waals surface area contributed by atoms with Crippen LogP contribution in [-0.4, -0.2) is 55.6 Å². The lowest BCUT2D eigenvalue weighted by Crippen LogP contribution is -2.49. The third-order valence-electron chi connectivity index (χ3n) is 4.96. The van der Waals surface area contributed by atoms with Gasteiger partial charge in [0.15, 0.2) is 18.1 Å². The highest BCUT2D eigenvalue weighted by Gasteiger charge is 2.21. The highest BCUT2D eigenvalue weighted by molar-refractivity contribution is 5.78. The van der Waals surface area contributed by atoms with Crippen molar-refractivity contribution in [1.82, 2.24) is 9.80 Å². The second-order valence-corrected chi connectivity index (χ2v) is 6.77. The first-order valence-corrected chi connectivity index (χ1v) is 9.53. The van der Waals surface area contributed by atoms with Gasteiger partial charge in [-0.25, -0.2) is 0 Å². The van der Waals surface area contributed by atoms with E-state index in [1.807, 2.05) is 29.2 Å². The fourth-order valence-electron chi connectivity index (χ4n) is 3.28. The molecular formula is C22H28N2O3. The van der Waals surface area contributed by atoms with E-state index in [0.29, 0.717) is 11.5 Å². The average molecular weight is 368 g/mol. The SMILES string of the molecule is CCc1ccc(OC)c(OCC(=O)N2CCN(Cc3ccccc3)CC2)c1. The molecule has 0 aliphatic carbocycles. The Balaban J connectivity index is 1.48. The van der Waals surface area contributed by atoms with Gasteiger partial charge in [-0.3, -0.25) is 9.69 Å². The molecule has 1 amide bonds. The Labute approximate surface area is 161 Å². The molecule has 0 atom stereocenters. The molecule has 144 valence electrons. The van der Waals surface area contributed by atoms with Gasteiger partial charge in [0.25, 0.3) is 5.91 Å². The first-order chi connectivity index (χ1) is 13.2. The normalized spacial score (nSPS) is 14.8. The van der Waals surface area contributed by atoms with Crippen LogP contribution in [0, 0.1) is 0 Å². The number of carbonyl (C=O) groups is 1. The van der Waals surface area contributed by atoms with E-state index in [9.17, 15) is 4.79 Å². The summed E-state index contributed by atoms with van der Waals surface area (Å²) in [5.74, 6) is 1.32. The topological polar surface area (TPSA) is 42.0 Å². The Morgan fingerprint density at radius 1 is 0.963 bits per heavy atom. The molecule has 0 unspecified atom stereocenters. The molecule has 1 aliphatic rings. The number of carbonyl (C=O) groups excluding carboxylic acids is 1. The molecule has 1 saturated heterocycles. The Kier molecular flexibility index (Phi) is 6.71. The third-order valence-corrected chi connectivity index (χ3v) is 4.96. The van der Waals surface area contributed by atoms with Gasteiger partial charge in [0.1, 0.15) is 0 Å². The van der Waals surface area contributed by atoms with E-state index in [1.54, 1.807) is 7.11 Å². The maximum absolute atomic E-state index is 12.5. The number of piperazine rings is 1. The van der Waals surface area contributed by atoms with Crippen molar-refractivity contribution < 1.29 is 14.3 Å². The zero-order valence-electron chi connectivity index (χ0n) is 16.2. The summed E-state index contributed by atoms with van der Waals surface area (Å²) in [6.45, 7) is 6.31. The second-order valence-electron chi connectivity index (χ2n) is 6.77. The van der Waals surface area contributed by atoms with Crippen molar-refractivity contribution in [2.45, 2.75) is 19.9 Å². The van der Waals surface area contributed by atoms with Crippen LogP contribution >= 0.6 is 0 Å². The number of aryl methyl sites for hydroxylation is 1. The third kappa shape index (κ3) is 5.23. The van der Waals surface area contributed by atoms with Gasteiger partial charge in [-0.1, -0.05) is 43.3 Å². The van der Waals surface area contributed by atoms with Crippen LogP contribution < -0.4 is 9.47 Å². The Bertz CT molecular complexity index is 740. The van der Waals surface area contributed by atoms with Crippen LogP contribution in [0.5, 0.6) is 11.5 Å². The van der Waals surface area contributed by atoms with E-state index in [4.69, 9.17) is 9.47 Å². The van der Waals surface area contributed by atoms with Crippen LogP contribution in [0.4, 0.5) is 0 Å². The predicted molar refractivity (Wildman–Crippen MR) is 106 cm³/mol. The Morgan fingerprint density at radius 3 is 2.37 bits per heavy atom. The summed E-state index contributed by atoms with van der Waals surface area (Å²) in [5, 5.41) is 0. The molecule has 0 radical (unpaired) electrons. The summed E-state index contributed by atoms with van der Waals surface area (Å²) in [7, 11) is 1.61. The molecule has 0 bridgehead atoms. The number of amides is 1. The van der Waals surface area contributed by atoms with Gasteiger partial charge in [0.05, 0.1) is 7.11 Å². The minimum Gasteiger partial charge on any atom is -0.493 e. The maximum atomic E-state index is 12.5. The molecule has 0 saturated carbocycles. The molecule has 1 aliphatic heterocycles. The van der Waals surface area contributed by atoms with Gasteiger partial charge < -0.3 is 14.4 Å². The zero-order chi connectivity index (χ0) is 19.1. The van der Waals surface area contributed by atoms with E-state index in [0.717, 1.165) is 44.7 Å². The van der Waals surface area contributed by atoms with Gasteiger partial charge >= 0.3 is 0 Å². The summed E-state index contributed by atoms with van der Waals surface area (Å²) in [4.78, 5) is 16.8. The second kappa shape index (κ2) is 9.42. The van der Waals surface area contributed by atoms with E-state index < -0.39 is 0 Å². The lowest BCUT2D eigenvalue weighted by atomic mass is 10.1. The van der Waals surface area contributed by atoms with Crippen LogP contribution in [0.3, 0.4) is 0 Å². The summed E-state index contributed by atoms with van der Waals surface area (Å²) in [6, 6.07) is 16.3. The van der Waals surface area contributed by atoms with Crippen molar-refractivity contribution >= 4 is 5.91 Å². The highest BCUT2D eigenvalue weighted by Crippen LogP contribution is 2.28. The minimum absolute atomic E-state index is 0.0262. The molecule has 1 fully saturated rings. The van der Waals surface area contributed by atoms with Crippen molar-refractivity contribution in [2.24, 2.45) is 0 Å². The molecule has 0 N–H and O–H groups in total. The Morgan fingerprint density at radius 2 is 1.70 bits per heavy atom. The lowest BCUT2D eigenvalue weighted by Gasteiger charge is -2.34. The van der Waals surface area contributed by atoms with E-state index in [1.165, 1.54) is 5.56 Å². The van der Waals surface area contributed by atoms with Crippen LogP contribution in [0.2, 0.25) is 0 Å². The van der Waals surface area contributed by atoms with E-state index >= 15 is 0 Å². The number of methoxy groups -OCH3 is 1. The number of ether oxygens (including phenoxy) is 2. The molecule has 2 aromatic carbocycles. The molecule has 2 aromatic rings. The largest absolute Gasteiger partial charge is 0.493 e. The summed E-state index contributed by atoms with van der Waals surface area (Å²) in [5.41, 5.74) is 2.47. The van der Waals surface area contributed by atoms with E-state index in [2.05, 4.69) is 36.1 Å². The van der Waals surface area contributed by atoms with Crippen molar-refractivity contribution in [3.05, 3.63) is 59.7 Å². The number of hydrogen-bond acceptors (Lipinski definition) is 4. The van der Waals surface area contributed by atoms with Crippen molar-refractivity contribution in [2.75, 3.05) is 39.9 Å². The van der Waals surface area contributed by atoms with Gasteiger partial charge in [-0.2, -0.15) is 0 Å². The smallest absolute Gasteiger partial charge is 0.260 e. The summed E-state index contributed by atoms with van der Waals surface area (Å²) in [6.07, 6.45) is 0.914. The lowest BCUT2D eigenvalue weighted by molar-refractivity contribution is -0.135. The number of rotatable bonds is 7. The quantitative estimate of drug-likeness (QED) is 0.754. The molecule has 5 heteroatoms. The first kappa shape index (κ1) is 19.2. The first-order valence-electron chi connectivity index (χ1n) is 9.53. The fraction of sp³-hybridized carbons (Fsp3) is 0.409. The van der Waals surface area contributed by atoms with Crippen LogP contribution in [0.1, 0.15) is 18.1 Å². The van der Waals surface area contributed by atoms with Crippen molar-refractivity contribution in [3.8, 4) is 11.5 Å². The van der Waals surface area contributed by atoms with Crippen LogP contribution in [0.25, 0.3) is 0 Å². The average Bonchev–Trinajstić information content (AvgIpc) is 2.73.